The van der Waals surface area contributed by atoms with Crippen molar-refractivity contribution < 1.29 is 14.7 Å². The molecule has 1 aliphatic heterocycles. The van der Waals surface area contributed by atoms with E-state index < -0.39 is 5.97 Å². The van der Waals surface area contributed by atoms with Gasteiger partial charge in [-0.05, 0) is 38.2 Å². The summed E-state index contributed by atoms with van der Waals surface area (Å²) in [5.41, 5.74) is 6.21. The molecule has 104 valence electrons. The van der Waals surface area contributed by atoms with Crippen LogP contribution < -0.4 is 11.1 Å². The van der Waals surface area contributed by atoms with Gasteiger partial charge in [0, 0.05) is 18.3 Å². The number of carbonyl (C=O) groups excluding carboxylic acids is 1. The molecule has 4 N–H and O–H groups in total. The van der Waals surface area contributed by atoms with Gasteiger partial charge in [0.25, 0.3) is 0 Å². The molecule has 0 saturated carbocycles. The lowest BCUT2D eigenvalue weighted by molar-refractivity contribution is -0.105. The lowest BCUT2D eigenvalue weighted by Gasteiger charge is -2.03. The molecule has 0 radical (unpaired) electrons. The number of nitrogens with one attached hydrogen (secondary N) is 1. The van der Waals surface area contributed by atoms with Gasteiger partial charge < -0.3 is 21.1 Å². The van der Waals surface area contributed by atoms with Crippen LogP contribution in [-0.2, 0) is 4.79 Å². The van der Waals surface area contributed by atoms with E-state index in [1.807, 2.05) is 0 Å². The summed E-state index contributed by atoms with van der Waals surface area (Å²) < 4.78 is 0. The van der Waals surface area contributed by atoms with Crippen molar-refractivity contribution in [3.8, 4) is 0 Å². The predicted molar refractivity (Wildman–Crippen MR) is 73.2 cm³/mol. The summed E-state index contributed by atoms with van der Waals surface area (Å²) in [6.07, 6.45) is 1.68. The predicted octanol–water partition coefficient (Wildman–Crippen LogP) is 0.602. The Morgan fingerprint density at radius 2 is 2.32 bits per heavy atom. The molecule has 6 heteroatoms. The molecule has 1 amide bonds. The smallest absolute Gasteiger partial charge is 0.335 e. The van der Waals surface area contributed by atoms with Gasteiger partial charge in [-0.25, -0.2) is 4.79 Å². The van der Waals surface area contributed by atoms with E-state index in [0.29, 0.717) is 18.1 Å². The molecule has 2 rings (SSSR count). The normalized spacial score (nSPS) is 18.3. The maximum Gasteiger partial charge on any atom is 0.335 e. The zero-order valence-electron chi connectivity index (χ0n) is 10.9. The average molecular weight is 265 g/mol. The third kappa shape index (κ3) is 5.50. The highest BCUT2D eigenvalue weighted by atomic mass is 16.4. The van der Waals surface area contributed by atoms with Crippen LogP contribution in [0.4, 0.5) is 5.69 Å². The number of anilines is 1. The number of nitrogens with two attached hydrogens (primary N) is 1. The molecule has 1 aromatic carbocycles. The van der Waals surface area contributed by atoms with Crippen molar-refractivity contribution >= 4 is 18.1 Å². The molecule has 0 spiro atoms. The van der Waals surface area contributed by atoms with Crippen molar-refractivity contribution in [2.24, 2.45) is 5.73 Å². The Balaban J connectivity index is 0.000000218. The quantitative estimate of drug-likeness (QED) is 0.696. The Bertz CT molecular complexity index is 429. The van der Waals surface area contributed by atoms with E-state index in [0.717, 1.165) is 6.54 Å². The summed E-state index contributed by atoms with van der Waals surface area (Å²) >= 11 is 0. The fraction of sp³-hybridized carbons (Fsp3) is 0.385. The van der Waals surface area contributed by atoms with Crippen molar-refractivity contribution in [1.82, 2.24) is 4.90 Å². The maximum absolute atomic E-state index is 10.4. The van der Waals surface area contributed by atoms with Gasteiger partial charge in [0.2, 0.25) is 6.41 Å². The number of rotatable bonds is 3. The first-order valence-corrected chi connectivity index (χ1v) is 6.00. The van der Waals surface area contributed by atoms with E-state index in [1.54, 1.807) is 12.1 Å². The molecule has 1 unspecified atom stereocenters. The molecule has 0 aromatic heterocycles. The van der Waals surface area contributed by atoms with Crippen molar-refractivity contribution in [2.45, 2.75) is 12.5 Å². The van der Waals surface area contributed by atoms with Crippen LogP contribution in [0, 0.1) is 0 Å². The monoisotopic (exact) mass is 265 g/mol. The van der Waals surface area contributed by atoms with Crippen LogP contribution in [0.1, 0.15) is 16.8 Å². The second kappa shape index (κ2) is 7.50. The number of likely N-dealkylation sites (N-methyl/N-ethyl adjacent to an activating group) is 1. The Labute approximate surface area is 112 Å². The number of carbonyl (C=O) groups is 2. The number of amides is 1. The summed E-state index contributed by atoms with van der Waals surface area (Å²) in [4.78, 5) is 22.7. The van der Waals surface area contributed by atoms with Crippen molar-refractivity contribution in [3.05, 3.63) is 29.8 Å². The highest BCUT2D eigenvalue weighted by Gasteiger charge is 2.13. The van der Waals surface area contributed by atoms with Crippen LogP contribution in [0.15, 0.2) is 24.3 Å². The van der Waals surface area contributed by atoms with Crippen LogP contribution in [-0.4, -0.2) is 48.6 Å². The van der Waals surface area contributed by atoms with Crippen LogP contribution in [0.3, 0.4) is 0 Å². The topological polar surface area (TPSA) is 95.7 Å². The molecular weight excluding hydrogens is 246 g/mol. The van der Waals surface area contributed by atoms with Gasteiger partial charge in [-0.3, -0.25) is 4.79 Å². The van der Waals surface area contributed by atoms with E-state index in [9.17, 15) is 9.59 Å². The largest absolute Gasteiger partial charge is 0.478 e. The lowest BCUT2D eigenvalue weighted by atomic mass is 10.2. The summed E-state index contributed by atoms with van der Waals surface area (Å²) in [5.74, 6) is -1.01. The minimum atomic E-state index is -1.01. The van der Waals surface area contributed by atoms with Crippen molar-refractivity contribution in [3.63, 3.8) is 0 Å². The molecule has 1 fully saturated rings. The Hall–Kier alpha value is -1.92. The number of carboxylic acid groups (broad SMARTS) is 1. The molecule has 19 heavy (non-hydrogen) atoms. The van der Waals surface area contributed by atoms with E-state index in [2.05, 4.69) is 17.3 Å². The Kier molecular flexibility index (Phi) is 5.98. The van der Waals surface area contributed by atoms with Gasteiger partial charge in [-0.2, -0.15) is 0 Å². The van der Waals surface area contributed by atoms with Crippen LogP contribution in [0.2, 0.25) is 0 Å². The molecule has 1 aliphatic rings. The number of nitrogens with zero attached hydrogens (tertiary/aromatic N) is 1. The van der Waals surface area contributed by atoms with Gasteiger partial charge in [0.1, 0.15) is 0 Å². The van der Waals surface area contributed by atoms with Gasteiger partial charge >= 0.3 is 5.97 Å². The lowest BCUT2D eigenvalue weighted by Crippen LogP contribution is -2.23. The zero-order chi connectivity index (χ0) is 14.3. The van der Waals surface area contributed by atoms with Crippen molar-refractivity contribution in [2.75, 3.05) is 25.5 Å². The van der Waals surface area contributed by atoms with Gasteiger partial charge in [0.05, 0.1) is 5.56 Å². The summed E-state index contributed by atoms with van der Waals surface area (Å²) in [7, 11) is 2.10. The fourth-order valence-electron chi connectivity index (χ4n) is 1.78. The number of hydrogen-bond acceptors (Lipinski definition) is 4. The molecule has 0 aliphatic carbocycles. The van der Waals surface area contributed by atoms with Gasteiger partial charge in [0.15, 0.2) is 0 Å². The minimum absolute atomic E-state index is 0.154. The Morgan fingerprint density at radius 1 is 1.58 bits per heavy atom. The molecule has 1 aromatic rings. The maximum atomic E-state index is 10.4. The molecule has 1 heterocycles. The van der Waals surface area contributed by atoms with Crippen molar-refractivity contribution in [1.29, 1.82) is 0 Å². The van der Waals surface area contributed by atoms with Gasteiger partial charge in [-0.15, -0.1) is 0 Å². The van der Waals surface area contributed by atoms with Crippen LogP contribution in [0.25, 0.3) is 0 Å². The number of hydrogen-bond donors (Lipinski definition) is 3. The molecular formula is C13H19N3O3. The molecule has 1 saturated heterocycles. The Morgan fingerprint density at radius 3 is 2.74 bits per heavy atom. The van der Waals surface area contributed by atoms with Crippen LogP contribution in [0.5, 0.6) is 0 Å². The second-order valence-electron chi connectivity index (χ2n) is 4.46. The first-order chi connectivity index (χ1) is 9.02. The number of benzene rings is 1. The summed E-state index contributed by atoms with van der Waals surface area (Å²) in [5, 5.41) is 10.9. The zero-order valence-corrected chi connectivity index (χ0v) is 10.9. The minimum Gasteiger partial charge on any atom is -0.478 e. The van der Waals surface area contributed by atoms with E-state index in [1.165, 1.54) is 25.1 Å². The average Bonchev–Trinajstić information content (AvgIpc) is 2.75. The fourth-order valence-corrected chi connectivity index (χ4v) is 1.78. The standard InChI is InChI=1S/C8H7NO3.C5H12N2/c10-5-9-7-3-1-2-6(4-7)8(11)12;1-7-3-2-5(6)4-7/h1-5H,(H,9,10)(H,11,12);5H,2-4,6H2,1H3. The van der Waals surface area contributed by atoms with E-state index in [4.69, 9.17) is 10.8 Å². The van der Waals surface area contributed by atoms with E-state index >= 15 is 0 Å². The molecule has 0 bridgehead atoms. The first-order valence-electron chi connectivity index (χ1n) is 6.00. The third-order valence-electron chi connectivity index (χ3n) is 2.76. The molecule has 1 atom stereocenters. The summed E-state index contributed by atoms with van der Waals surface area (Å²) in [6, 6.07) is 6.47. The number of aromatic carboxylic acids is 1. The van der Waals surface area contributed by atoms with Gasteiger partial charge in [-0.1, -0.05) is 6.07 Å². The highest BCUT2D eigenvalue weighted by molar-refractivity contribution is 5.89. The second-order valence-corrected chi connectivity index (χ2v) is 4.46. The van der Waals surface area contributed by atoms with E-state index in [-0.39, 0.29) is 5.56 Å². The first kappa shape index (κ1) is 15.1. The SMILES string of the molecule is CN1CCC(N)C1.O=CNc1cccc(C(=O)O)c1. The highest BCUT2D eigenvalue weighted by Crippen LogP contribution is 2.09. The third-order valence-corrected chi connectivity index (χ3v) is 2.76. The number of carboxylic acids is 1. The summed E-state index contributed by atoms with van der Waals surface area (Å²) in [6.45, 7) is 2.27. The molecule has 6 nitrogen and oxygen atoms in total. The number of likely N-dealkylation sites (tertiary alicyclic amines) is 1. The van der Waals surface area contributed by atoms with Crippen LogP contribution >= 0.6 is 0 Å².